The minimum Gasteiger partial charge on any atom is -0.497 e. The van der Waals surface area contributed by atoms with E-state index in [1.807, 2.05) is 66.7 Å². The Labute approximate surface area is 305 Å². The van der Waals surface area contributed by atoms with Crippen molar-refractivity contribution >= 4 is 17.6 Å². The van der Waals surface area contributed by atoms with E-state index >= 15 is 4.79 Å². The number of Topliss-reactive ketones (excluding diaryl/α,β-unsaturated/α-hetero) is 1. The molecular formula is C44H46O8. The quantitative estimate of drug-likeness (QED) is 0.120. The standard InChI is InChI=1S/C44H46O8/c1-43(2)23-22-31-36(49-6)20-18-32(41(31)51-43)40(46)38-33(27-11-15-29(48-5)16-12-27)24-44(3)25-34(38)39-37(50-7)21-17-30(42(39)52-44)35(45)19-10-26-8-13-28(47-4)14-9-26/h8-21,33-34,38H,22-25H2,1-7H3/b19-10+/t33-,34+,38-,44+/m1/s1. The number of methoxy groups -OCH3 is 4. The third-order valence-electron chi connectivity index (χ3n) is 11.0. The summed E-state index contributed by atoms with van der Waals surface area (Å²) in [5.41, 5.74) is 3.38. The number of ether oxygens (including phenoxy) is 6. The number of carbonyl (C=O) groups excluding carboxylic acids is 2. The summed E-state index contributed by atoms with van der Waals surface area (Å²) in [7, 11) is 6.53. The molecule has 7 rings (SSSR count). The van der Waals surface area contributed by atoms with Crippen LogP contribution in [0.25, 0.3) is 6.08 Å². The number of hydrogen-bond donors (Lipinski definition) is 0. The number of allylic oxidation sites excluding steroid dienone is 1. The van der Waals surface area contributed by atoms with Gasteiger partial charge >= 0.3 is 0 Å². The van der Waals surface area contributed by atoms with E-state index in [2.05, 4.69) is 20.8 Å². The molecule has 1 saturated carbocycles. The normalized spacial score (nSPS) is 22.6. The predicted octanol–water partition coefficient (Wildman–Crippen LogP) is 9.03. The van der Waals surface area contributed by atoms with Gasteiger partial charge in [-0.15, -0.1) is 0 Å². The number of rotatable bonds is 10. The van der Waals surface area contributed by atoms with Gasteiger partial charge in [0.15, 0.2) is 11.6 Å². The monoisotopic (exact) mass is 702 g/mol. The van der Waals surface area contributed by atoms with Crippen LogP contribution in [0.2, 0.25) is 0 Å². The summed E-state index contributed by atoms with van der Waals surface area (Å²) in [6.45, 7) is 6.19. The number of benzene rings is 4. The zero-order valence-electron chi connectivity index (χ0n) is 30.9. The minimum atomic E-state index is -0.669. The van der Waals surface area contributed by atoms with Crippen molar-refractivity contribution in [3.8, 4) is 34.5 Å². The van der Waals surface area contributed by atoms with E-state index in [0.29, 0.717) is 47.0 Å². The van der Waals surface area contributed by atoms with Crippen molar-refractivity contribution < 1.29 is 38.0 Å². The van der Waals surface area contributed by atoms with Crippen molar-refractivity contribution in [3.05, 3.63) is 112 Å². The Balaban J connectivity index is 1.37. The molecule has 0 saturated heterocycles. The first kappa shape index (κ1) is 35.2. The third-order valence-corrected chi connectivity index (χ3v) is 11.0. The van der Waals surface area contributed by atoms with Crippen molar-refractivity contribution in [3.63, 3.8) is 0 Å². The second-order valence-corrected chi connectivity index (χ2v) is 14.9. The Morgan fingerprint density at radius 2 is 1.31 bits per heavy atom. The molecule has 0 amide bonds. The third kappa shape index (κ3) is 6.40. The SMILES string of the molecule is COc1ccc(/C=C/C(=O)c2ccc(OC)c3c2O[C@@]2(C)C[C@H](c4ccc(OC)cc4)[C@@H](C(=O)c4ccc(OC)c5c4OC(C)(C)CC5)[C@@H]3C2)cc1. The maximum absolute atomic E-state index is 15.4. The summed E-state index contributed by atoms with van der Waals surface area (Å²) >= 11 is 0. The Bertz CT molecular complexity index is 2030. The van der Waals surface area contributed by atoms with Crippen LogP contribution in [0.5, 0.6) is 34.5 Å². The van der Waals surface area contributed by atoms with Crippen molar-refractivity contribution in [2.24, 2.45) is 5.92 Å². The lowest BCUT2D eigenvalue weighted by molar-refractivity contribution is -0.00808. The van der Waals surface area contributed by atoms with Gasteiger partial charge in [-0.25, -0.2) is 0 Å². The van der Waals surface area contributed by atoms with Crippen LogP contribution in [-0.4, -0.2) is 51.2 Å². The molecular weight excluding hydrogens is 656 g/mol. The van der Waals surface area contributed by atoms with Gasteiger partial charge in [0.05, 0.1) is 39.6 Å². The predicted molar refractivity (Wildman–Crippen MR) is 200 cm³/mol. The van der Waals surface area contributed by atoms with E-state index in [1.165, 1.54) is 0 Å². The number of ketones is 2. The van der Waals surface area contributed by atoms with Crippen LogP contribution in [0.3, 0.4) is 0 Å². The second-order valence-electron chi connectivity index (χ2n) is 14.9. The lowest BCUT2D eigenvalue weighted by atomic mass is 9.58. The molecule has 1 fully saturated rings. The lowest BCUT2D eigenvalue weighted by Gasteiger charge is -2.51. The number of carbonyl (C=O) groups is 2. The van der Waals surface area contributed by atoms with Crippen LogP contribution >= 0.6 is 0 Å². The van der Waals surface area contributed by atoms with Crippen LogP contribution in [0.15, 0.2) is 78.9 Å². The van der Waals surface area contributed by atoms with E-state index < -0.39 is 17.1 Å². The van der Waals surface area contributed by atoms with E-state index in [4.69, 9.17) is 28.4 Å². The molecule has 4 aromatic carbocycles. The molecule has 8 nitrogen and oxygen atoms in total. The van der Waals surface area contributed by atoms with Gasteiger partial charge in [-0.2, -0.15) is 0 Å². The summed E-state index contributed by atoms with van der Waals surface area (Å²) in [5, 5.41) is 0. The summed E-state index contributed by atoms with van der Waals surface area (Å²) in [5.74, 6) is 2.55. The van der Waals surface area contributed by atoms with Gasteiger partial charge in [0.2, 0.25) is 0 Å². The van der Waals surface area contributed by atoms with Crippen molar-refractivity contribution in [2.45, 2.75) is 69.5 Å². The van der Waals surface area contributed by atoms with Crippen LogP contribution < -0.4 is 28.4 Å². The van der Waals surface area contributed by atoms with Crippen LogP contribution in [0.1, 0.15) is 94.8 Å². The molecule has 1 aliphatic carbocycles. The fourth-order valence-corrected chi connectivity index (χ4v) is 8.37. The average molecular weight is 703 g/mol. The highest BCUT2D eigenvalue weighted by molar-refractivity contribution is 6.09. The molecule has 0 spiro atoms. The first-order valence-electron chi connectivity index (χ1n) is 17.8. The fraction of sp³-hybridized carbons (Fsp3) is 0.364. The summed E-state index contributed by atoms with van der Waals surface area (Å²) in [6, 6.07) is 22.8. The van der Waals surface area contributed by atoms with E-state index in [-0.39, 0.29) is 23.4 Å². The van der Waals surface area contributed by atoms with Crippen LogP contribution in [0.4, 0.5) is 0 Å². The molecule has 0 unspecified atom stereocenters. The van der Waals surface area contributed by atoms with Gasteiger partial charge in [-0.3, -0.25) is 9.59 Å². The average Bonchev–Trinajstić information content (AvgIpc) is 3.15. The van der Waals surface area contributed by atoms with Gasteiger partial charge in [0.1, 0.15) is 45.7 Å². The molecule has 2 aliphatic heterocycles. The highest BCUT2D eigenvalue weighted by Gasteiger charge is 2.54. The Morgan fingerprint density at radius 1 is 0.692 bits per heavy atom. The summed E-state index contributed by atoms with van der Waals surface area (Å²) in [4.78, 5) is 29.4. The van der Waals surface area contributed by atoms with Gasteiger partial charge in [-0.1, -0.05) is 30.3 Å². The van der Waals surface area contributed by atoms with Crippen molar-refractivity contribution in [2.75, 3.05) is 28.4 Å². The van der Waals surface area contributed by atoms with E-state index in [0.717, 1.165) is 46.6 Å². The minimum absolute atomic E-state index is 0.0181. The second kappa shape index (κ2) is 13.7. The molecule has 4 aromatic rings. The molecule has 8 heteroatoms. The molecule has 3 aliphatic rings. The van der Waals surface area contributed by atoms with E-state index in [9.17, 15) is 4.79 Å². The Kier molecular flexibility index (Phi) is 9.28. The van der Waals surface area contributed by atoms with Crippen molar-refractivity contribution in [1.82, 2.24) is 0 Å². The Morgan fingerprint density at radius 3 is 1.96 bits per heavy atom. The van der Waals surface area contributed by atoms with Crippen LogP contribution in [-0.2, 0) is 6.42 Å². The largest absolute Gasteiger partial charge is 0.497 e. The molecule has 2 bridgehead atoms. The first-order chi connectivity index (χ1) is 25.0. The zero-order valence-corrected chi connectivity index (χ0v) is 30.9. The van der Waals surface area contributed by atoms with Gasteiger partial charge in [0.25, 0.3) is 0 Å². The fourth-order valence-electron chi connectivity index (χ4n) is 8.37. The summed E-state index contributed by atoms with van der Waals surface area (Å²) < 4.78 is 36.0. The number of hydrogen-bond acceptors (Lipinski definition) is 8. The molecule has 270 valence electrons. The smallest absolute Gasteiger partial charge is 0.189 e. The van der Waals surface area contributed by atoms with Gasteiger partial charge in [-0.05, 0) is 118 Å². The van der Waals surface area contributed by atoms with Gasteiger partial charge in [0, 0.05) is 23.0 Å². The molecule has 0 N–H and O–H groups in total. The lowest BCUT2D eigenvalue weighted by Crippen LogP contribution is -2.50. The summed E-state index contributed by atoms with van der Waals surface area (Å²) in [6.07, 6.45) is 6.02. The zero-order chi connectivity index (χ0) is 36.8. The highest BCUT2D eigenvalue weighted by Crippen LogP contribution is 2.60. The van der Waals surface area contributed by atoms with Crippen LogP contribution in [0, 0.1) is 5.92 Å². The van der Waals surface area contributed by atoms with Gasteiger partial charge < -0.3 is 28.4 Å². The highest BCUT2D eigenvalue weighted by atomic mass is 16.5. The molecule has 2 heterocycles. The van der Waals surface area contributed by atoms with E-state index in [1.54, 1.807) is 46.7 Å². The topological polar surface area (TPSA) is 89.5 Å². The maximum Gasteiger partial charge on any atom is 0.189 e. The first-order valence-corrected chi connectivity index (χ1v) is 17.8. The molecule has 52 heavy (non-hydrogen) atoms. The van der Waals surface area contributed by atoms with Crippen molar-refractivity contribution in [1.29, 1.82) is 0 Å². The molecule has 0 aromatic heterocycles. The Hall–Kier alpha value is -5.24. The number of fused-ring (bicyclic) bond motifs is 5. The molecule has 0 radical (unpaired) electrons. The molecule has 4 atom stereocenters. The maximum atomic E-state index is 15.4.